The second-order valence-corrected chi connectivity index (χ2v) is 4.82. The fourth-order valence-electron chi connectivity index (χ4n) is 1.69. The second kappa shape index (κ2) is 6.62. The number of nitro groups is 1. The van der Waals surface area contributed by atoms with E-state index in [9.17, 15) is 23.3 Å². The van der Waals surface area contributed by atoms with Crippen molar-refractivity contribution in [3.8, 4) is 11.3 Å². The molecule has 0 bridgehead atoms. The zero-order valence-corrected chi connectivity index (χ0v) is 12.5. The van der Waals surface area contributed by atoms with Crippen LogP contribution in [0, 0.1) is 10.1 Å². The molecule has 0 radical (unpaired) electrons. The first-order valence-corrected chi connectivity index (χ1v) is 6.60. The molecule has 0 amide bonds. The lowest BCUT2D eigenvalue weighted by Gasteiger charge is -2.12. The van der Waals surface area contributed by atoms with Gasteiger partial charge in [0, 0.05) is 17.7 Å². The Bertz CT molecular complexity index is 799. The summed E-state index contributed by atoms with van der Waals surface area (Å²) >= 11 is 4.52. The molecule has 0 spiro atoms. The van der Waals surface area contributed by atoms with Crippen LogP contribution in [-0.4, -0.2) is 20.0 Å². The smallest absolute Gasteiger partial charge is 0.375 e. The summed E-state index contributed by atoms with van der Waals surface area (Å²) in [5.41, 5.74) is 8.06. The van der Waals surface area contributed by atoms with E-state index >= 15 is 0 Å². The Hall–Kier alpha value is -3.02. The molecule has 4 N–H and O–H groups in total. The first-order valence-electron chi connectivity index (χ1n) is 6.19. The first-order chi connectivity index (χ1) is 11.2. The molecule has 0 saturated carbocycles. The summed E-state index contributed by atoms with van der Waals surface area (Å²) in [6.07, 6.45) is -4.74. The molecular formula is C12H9F3N6O2S. The highest BCUT2D eigenvalue weighted by Crippen LogP contribution is 2.31. The van der Waals surface area contributed by atoms with Crippen LogP contribution in [0.4, 0.5) is 24.8 Å². The highest BCUT2D eigenvalue weighted by atomic mass is 32.1. The first kappa shape index (κ1) is 17.3. The summed E-state index contributed by atoms with van der Waals surface area (Å²) in [5, 5.41) is 10.6. The van der Waals surface area contributed by atoms with Crippen LogP contribution in [0.15, 0.2) is 30.3 Å². The number of aromatic nitrogens is 2. The molecule has 126 valence electrons. The number of rotatable bonds is 4. The van der Waals surface area contributed by atoms with E-state index in [1.54, 1.807) is 0 Å². The molecule has 2 aromatic rings. The predicted molar refractivity (Wildman–Crippen MR) is 82.7 cm³/mol. The second-order valence-electron chi connectivity index (χ2n) is 4.38. The van der Waals surface area contributed by atoms with Crippen LogP contribution in [0.1, 0.15) is 5.69 Å². The third-order valence-electron chi connectivity index (χ3n) is 2.67. The minimum absolute atomic E-state index is 0.121. The number of hydrogen-bond acceptors (Lipinski definition) is 6. The van der Waals surface area contributed by atoms with Gasteiger partial charge >= 0.3 is 6.18 Å². The highest BCUT2D eigenvalue weighted by Gasteiger charge is 2.34. The van der Waals surface area contributed by atoms with Gasteiger partial charge < -0.3 is 5.73 Å². The van der Waals surface area contributed by atoms with E-state index in [1.165, 1.54) is 18.2 Å². The number of anilines is 1. The number of hydrazine groups is 1. The van der Waals surface area contributed by atoms with Crippen LogP contribution in [0.5, 0.6) is 0 Å². The zero-order chi connectivity index (χ0) is 17.9. The molecule has 24 heavy (non-hydrogen) atoms. The number of nitrogens with two attached hydrogens (primary N) is 1. The molecule has 1 aromatic carbocycles. The molecule has 0 aliphatic carbocycles. The molecule has 8 nitrogen and oxygen atoms in total. The van der Waals surface area contributed by atoms with Gasteiger partial charge in [-0.1, -0.05) is 12.1 Å². The van der Waals surface area contributed by atoms with E-state index in [1.807, 2.05) is 0 Å². The van der Waals surface area contributed by atoms with Crippen LogP contribution in [0.3, 0.4) is 0 Å². The molecular weight excluding hydrogens is 349 g/mol. The van der Waals surface area contributed by atoms with E-state index in [-0.39, 0.29) is 22.1 Å². The number of halogens is 3. The zero-order valence-electron chi connectivity index (χ0n) is 11.7. The van der Waals surface area contributed by atoms with Crippen molar-refractivity contribution in [2.75, 3.05) is 5.43 Å². The third-order valence-corrected chi connectivity index (χ3v) is 2.77. The largest absolute Gasteiger partial charge is 0.433 e. The van der Waals surface area contributed by atoms with Gasteiger partial charge in [0.25, 0.3) is 5.69 Å². The molecule has 0 atom stereocenters. The van der Waals surface area contributed by atoms with Crippen molar-refractivity contribution in [3.05, 3.63) is 46.1 Å². The summed E-state index contributed by atoms with van der Waals surface area (Å²) in [4.78, 5) is 17.3. The van der Waals surface area contributed by atoms with Crippen molar-refractivity contribution in [3.63, 3.8) is 0 Å². The van der Waals surface area contributed by atoms with Gasteiger partial charge in [-0.15, -0.1) is 0 Å². The molecule has 0 saturated heterocycles. The molecule has 1 heterocycles. The molecule has 12 heteroatoms. The number of non-ortho nitro benzene ring substituents is 1. The number of nitrogens with zero attached hydrogens (tertiary/aromatic N) is 3. The Kier molecular flexibility index (Phi) is 4.78. The van der Waals surface area contributed by atoms with E-state index in [0.717, 1.165) is 6.07 Å². The van der Waals surface area contributed by atoms with Gasteiger partial charge in [0.1, 0.15) is 0 Å². The Morgan fingerprint density at radius 3 is 2.58 bits per heavy atom. The number of nitrogens with one attached hydrogen (secondary N) is 2. The van der Waals surface area contributed by atoms with E-state index in [0.29, 0.717) is 6.07 Å². The number of benzene rings is 1. The van der Waals surface area contributed by atoms with E-state index in [4.69, 9.17) is 5.73 Å². The maximum Gasteiger partial charge on any atom is 0.433 e. The molecule has 0 aliphatic heterocycles. The Labute approximate surface area is 138 Å². The molecule has 0 fully saturated rings. The maximum absolute atomic E-state index is 13.0. The van der Waals surface area contributed by atoms with Crippen molar-refractivity contribution in [2.45, 2.75) is 6.18 Å². The molecule has 2 rings (SSSR count). The van der Waals surface area contributed by atoms with Crippen LogP contribution in [0.25, 0.3) is 11.3 Å². The summed E-state index contributed by atoms with van der Waals surface area (Å²) < 4.78 is 38.9. The van der Waals surface area contributed by atoms with Crippen LogP contribution in [0.2, 0.25) is 0 Å². The highest BCUT2D eigenvalue weighted by molar-refractivity contribution is 7.80. The average Bonchev–Trinajstić information content (AvgIpc) is 2.52. The fraction of sp³-hybridized carbons (Fsp3) is 0.0833. The summed E-state index contributed by atoms with van der Waals surface area (Å²) in [6.45, 7) is 0. The molecule has 1 aromatic heterocycles. The van der Waals surface area contributed by atoms with Crippen LogP contribution >= 0.6 is 12.2 Å². The van der Waals surface area contributed by atoms with Crippen molar-refractivity contribution in [2.24, 2.45) is 5.73 Å². The Morgan fingerprint density at radius 1 is 1.29 bits per heavy atom. The summed E-state index contributed by atoms with van der Waals surface area (Å²) in [7, 11) is 0. The standard InChI is InChI=1S/C12H9F3N6O2S/c13-12(14,15)9-5-8(17-11(18-9)20-19-10(16)24)6-2-1-3-7(4-6)21(22)23/h1-5H,(H3,16,19,24)(H,17,18,20). The van der Waals surface area contributed by atoms with Crippen molar-refractivity contribution in [1.29, 1.82) is 0 Å². The minimum atomic E-state index is -4.74. The van der Waals surface area contributed by atoms with Gasteiger partial charge in [-0.2, -0.15) is 13.2 Å². The Morgan fingerprint density at radius 2 is 2.00 bits per heavy atom. The number of thiocarbonyl (C=S) groups is 1. The van der Waals surface area contributed by atoms with Gasteiger partial charge in [0.2, 0.25) is 5.95 Å². The van der Waals surface area contributed by atoms with Crippen molar-refractivity contribution < 1.29 is 18.1 Å². The normalized spacial score (nSPS) is 11.0. The summed E-state index contributed by atoms with van der Waals surface area (Å²) in [6, 6.07) is 5.73. The quantitative estimate of drug-likeness (QED) is 0.432. The molecule has 0 aliphatic rings. The van der Waals surface area contributed by atoms with E-state index < -0.39 is 22.7 Å². The number of alkyl halides is 3. The summed E-state index contributed by atoms with van der Waals surface area (Å²) in [5.74, 6) is -0.445. The lowest BCUT2D eigenvalue weighted by atomic mass is 10.1. The monoisotopic (exact) mass is 358 g/mol. The average molecular weight is 358 g/mol. The van der Waals surface area contributed by atoms with Gasteiger partial charge in [0.05, 0.1) is 10.6 Å². The predicted octanol–water partition coefficient (Wildman–Crippen LogP) is 2.23. The molecule has 0 unspecified atom stereocenters. The maximum atomic E-state index is 13.0. The van der Waals surface area contributed by atoms with E-state index in [2.05, 4.69) is 33.0 Å². The third kappa shape index (κ3) is 4.25. The number of hydrogen-bond donors (Lipinski definition) is 3. The van der Waals surface area contributed by atoms with Gasteiger partial charge in [-0.25, -0.2) is 9.97 Å². The van der Waals surface area contributed by atoms with Crippen molar-refractivity contribution in [1.82, 2.24) is 15.4 Å². The Balaban J connectivity index is 2.52. The SMILES string of the molecule is NC(=S)NNc1nc(-c2cccc([N+](=O)[O-])c2)cc(C(F)(F)F)n1. The lowest BCUT2D eigenvalue weighted by molar-refractivity contribution is -0.384. The van der Waals surface area contributed by atoms with Gasteiger partial charge in [-0.05, 0) is 18.3 Å². The van der Waals surface area contributed by atoms with Crippen LogP contribution in [-0.2, 0) is 6.18 Å². The fourth-order valence-corrected chi connectivity index (χ4v) is 1.74. The van der Waals surface area contributed by atoms with Crippen molar-refractivity contribution >= 4 is 29.0 Å². The lowest BCUT2D eigenvalue weighted by Crippen LogP contribution is -2.35. The van der Waals surface area contributed by atoms with Crippen LogP contribution < -0.4 is 16.6 Å². The van der Waals surface area contributed by atoms with Gasteiger partial charge in [0.15, 0.2) is 10.8 Å². The van der Waals surface area contributed by atoms with Gasteiger partial charge in [-0.3, -0.25) is 21.0 Å². The number of nitro benzene ring substituents is 1. The topological polar surface area (TPSA) is 119 Å². The minimum Gasteiger partial charge on any atom is -0.375 e.